The van der Waals surface area contributed by atoms with Gasteiger partial charge in [0.2, 0.25) is 5.95 Å². The molecule has 1 heterocycles. The van der Waals surface area contributed by atoms with Crippen LogP contribution in [0, 0.1) is 5.82 Å². The molecule has 34 heavy (non-hydrogen) atoms. The van der Waals surface area contributed by atoms with Crippen molar-refractivity contribution in [3.8, 4) is 11.3 Å². The third-order valence-corrected chi connectivity index (χ3v) is 6.73. The molecule has 1 aliphatic rings. The van der Waals surface area contributed by atoms with Gasteiger partial charge in [0.15, 0.2) is 0 Å². The number of hydrogen-bond acceptors (Lipinski definition) is 5. The molecule has 1 aromatic heterocycles. The first-order chi connectivity index (χ1) is 16.4. The van der Waals surface area contributed by atoms with Gasteiger partial charge in [-0.2, -0.15) is 8.42 Å². The van der Waals surface area contributed by atoms with Gasteiger partial charge in [-0.05, 0) is 59.4 Å². The number of halogens is 1. The third kappa shape index (κ3) is 4.83. The molecule has 0 bridgehead atoms. The van der Waals surface area contributed by atoms with Gasteiger partial charge in [-0.1, -0.05) is 48.5 Å². The van der Waals surface area contributed by atoms with Gasteiger partial charge < -0.3 is 5.32 Å². The Morgan fingerprint density at radius 3 is 2.47 bits per heavy atom. The fraction of sp³-hybridized carbons (Fsp3) is 0.154. The van der Waals surface area contributed by atoms with E-state index in [1.165, 1.54) is 12.1 Å². The van der Waals surface area contributed by atoms with Crippen LogP contribution in [0.25, 0.3) is 11.3 Å². The SMILES string of the molecule is O=S(=O)(O)CCc1ccc(Nc2ncc3c(n2)-c2ccccc2[C@H](c2ccc(F)cc2)C3)cc1. The van der Waals surface area contributed by atoms with Gasteiger partial charge in [0.05, 0.1) is 11.4 Å². The Bertz CT molecular complexity index is 1440. The number of aromatic nitrogens is 2. The Kier molecular flexibility index (Phi) is 5.85. The van der Waals surface area contributed by atoms with Crippen molar-refractivity contribution in [2.45, 2.75) is 18.8 Å². The molecule has 0 aliphatic heterocycles. The molecule has 0 fully saturated rings. The second kappa shape index (κ2) is 8.96. The summed E-state index contributed by atoms with van der Waals surface area (Å²) in [6.07, 6.45) is 2.79. The fourth-order valence-corrected chi connectivity index (χ4v) is 4.81. The van der Waals surface area contributed by atoms with Gasteiger partial charge in [-0.25, -0.2) is 14.4 Å². The molecule has 1 atom stereocenters. The minimum Gasteiger partial charge on any atom is -0.324 e. The fourth-order valence-electron chi connectivity index (χ4n) is 4.32. The zero-order valence-corrected chi connectivity index (χ0v) is 19.0. The zero-order chi connectivity index (χ0) is 23.7. The number of rotatable bonds is 6. The van der Waals surface area contributed by atoms with E-state index in [0.717, 1.165) is 45.6 Å². The molecule has 0 radical (unpaired) electrons. The molecule has 8 heteroatoms. The van der Waals surface area contributed by atoms with Crippen molar-refractivity contribution in [3.63, 3.8) is 0 Å². The van der Waals surface area contributed by atoms with Gasteiger partial charge in [0.25, 0.3) is 10.1 Å². The van der Waals surface area contributed by atoms with Crippen molar-refractivity contribution in [3.05, 3.63) is 107 Å². The van der Waals surface area contributed by atoms with Crippen molar-refractivity contribution in [2.24, 2.45) is 0 Å². The summed E-state index contributed by atoms with van der Waals surface area (Å²) in [6.45, 7) is 0. The third-order valence-electron chi connectivity index (χ3n) is 6.01. The molecule has 0 spiro atoms. The summed E-state index contributed by atoms with van der Waals surface area (Å²) < 4.78 is 44.3. The summed E-state index contributed by atoms with van der Waals surface area (Å²) in [6, 6.07) is 22.0. The van der Waals surface area contributed by atoms with Gasteiger partial charge in [-0.3, -0.25) is 4.55 Å². The molecule has 0 amide bonds. The quantitative estimate of drug-likeness (QED) is 0.375. The van der Waals surface area contributed by atoms with E-state index >= 15 is 0 Å². The van der Waals surface area contributed by atoms with Gasteiger partial charge >= 0.3 is 0 Å². The summed E-state index contributed by atoms with van der Waals surface area (Å²) >= 11 is 0. The van der Waals surface area contributed by atoms with Crippen LogP contribution >= 0.6 is 0 Å². The summed E-state index contributed by atoms with van der Waals surface area (Å²) in [4.78, 5) is 9.29. The lowest BCUT2D eigenvalue weighted by atomic mass is 9.78. The van der Waals surface area contributed by atoms with Crippen molar-refractivity contribution < 1.29 is 17.4 Å². The minimum absolute atomic E-state index is 0.0991. The molecule has 6 nitrogen and oxygen atoms in total. The van der Waals surface area contributed by atoms with Gasteiger partial charge in [0, 0.05) is 23.4 Å². The second-order valence-corrected chi connectivity index (χ2v) is 9.89. The highest BCUT2D eigenvalue weighted by atomic mass is 32.2. The summed E-state index contributed by atoms with van der Waals surface area (Å²) in [7, 11) is -3.99. The molecule has 0 saturated heterocycles. The normalized spacial score (nSPS) is 14.8. The zero-order valence-electron chi connectivity index (χ0n) is 18.1. The van der Waals surface area contributed by atoms with Crippen molar-refractivity contribution in [1.29, 1.82) is 0 Å². The van der Waals surface area contributed by atoms with Crippen LogP contribution in [0.5, 0.6) is 0 Å². The van der Waals surface area contributed by atoms with Gasteiger partial charge in [-0.15, -0.1) is 0 Å². The Balaban J connectivity index is 1.40. The highest BCUT2D eigenvalue weighted by Crippen LogP contribution is 2.41. The number of anilines is 2. The van der Waals surface area contributed by atoms with Crippen LogP contribution in [-0.2, 0) is 23.0 Å². The number of benzene rings is 3. The number of nitrogens with zero attached hydrogens (tertiary/aromatic N) is 2. The van der Waals surface area contributed by atoms with Crippen LogP contribution in [0.2, 0.25) is 0 Å². The van der Waals surface area contributed by atoms with E-state index in [4.69, 9.17) is 9.54 Å². The number of fused-ring (bicyclic) bond motifs is 3. The highest BCUT2D eigenvalue weighted by molar-refractivity contribution is 7.85. The van der Waals surface area contributed by atoms with E-state index in [1.54, 1.807) is 12.1 Å². The summed E-state index contributed by atoms with van der Waals surface area (Å²) in [5.74, 6) is -0.00770. The Morgan fingerprint density at radius 2 is 1.74 bits per heavy atom. The number of nitrogens with one attached hydrogen (secondary N) is 1. The van der Waals surface area contributed by atoms with E-state index in [9.17, 15) is 12.8 Å². The van der Waals surface area contributed by atoms with Crippen molar-refractivity contribution in [2.75, 3.05) is 11.1 Å². The van der Waals surface area contributed by atoms with E-state index in [2.05, 4.69) is 16.4 Å². The molecule has 5 rings (SSSR count). The Hall–Kier alpha value is -3.62. The lowest BCUT2D eigenvalue weighted by Crippen LogP contribution is -2.15. The smallest absolute Gasteiger partial charge is 0.265 e. The first-order valence-electron chi connectivity index (χ1n) is 10.9. The molecule has 0 unspecified atom stereocenters. The van der Waals surface area contributed by atoms with Crippen molar-refractivity contribution >= 4 is 21.8 Å². The van der Waals surface area contributed by atoms with Crippen LogP contribution in [0.1, 0.15) is 28.2 Å². The number of aryl methyl sites for hydroxylation is 1. The monoisotopic (exact) mass is 475 g/mol. The first-order valence-corrected chi connectivity index (χ1v) is 12.5. The van der Waals surface area contributed by atoms with Crippen LogP contribution in [0.15, 0.2) is 79.0 Å². The average Bonchev–Trinajstić information content (AvgIpc) is 2.83. The average molecular weight is 476 g/mol. The standard InChI is InChI=1S/C26H22FN3O3S/c27-20-9-7-18(8-10-20)24-15-19-16-28-26(30-25(19)23-4-2-1-3-22(23)24)29-21-11-5-17(6-12-21)13-14-34(31,32)33/h1-12,16,24H,13-15H2,(H,28,29,30)(H,31,32,33)/t24-/m0/s1. The molecule has 4 aromatic rings. The highest BCUT2D eigenvalue weighted by Gasteiger charge is 2.27. The van der Waals surface area contributed by atoms with E-state index < -0.39 is 10.1 Å². The molecular weight excluding hydrogens is 453 g/mol. The largest absolute Gasteiger partial charge is 0.324 e. The predicted octanol–water partition coefficient (Wildman–Crippen LogP) is 5.14. The molecular formula is C26H22FN3O3S. The first kappa shape index (κ1) is 22.2. The van der Waals surface area contributed by atoms with E-state index in [0.29, 0.717) is 5.95 Å². The lowest BCUT2D eigenvalue weighted by Gasteiger charge is -2.27. The molecule has 3 aromatic carbocycles. The van der Waals surface area contributed by atoms with Gasteiger partial charge in [0.1, 0.15) is 5.82 Å². The summed E-state index contributed by atoms with van der Waals surface area (Å²) in [5, 5.41) is 3.20. The van der Waals surface area contributed by atoms with Crippen LogP contribution in [-0.4, -0.2) is 28.7 Å². The predicted molar refractivity (Wildman–Crippen MR) is 129 cm³/mol. The maximum Gasteiger partial charge on any atom is 0.265 e. The Morgan fingerprint density at radius 1 is 1.00 bits per heavy atom. The molecule has 1 aliphatic carbocycles. The minimum atomic E-state index is -3.99. The van der Waals surface area contributed by atoms with Crippen LogP contribution < -0.4 is 5.32 Å². The molecule has 0 saturated carbocycles. The molecule has 172 valence electrons. The number of hydrogen-bond donors (Lipinski definition) is 2. The second-order valence-electron chi connectivity index (χ2n) is 8.32. The van der Waals surface area contributed by atoms with Crippen LogP contribution in [0.3, 0.4) is 0 Å². The molecule has 2 N–H and O–H groups in total. The van der Waals surface area contributed by atoms with E-state index in [-0.39, 0.29) is 23.9 Å². The van der Waals surface area contributed by atoms with E-state index in [1.807, 2.05) is 48.7 Å². The van der Waals surface area contributed by atoms with Crippen molar-refractivity contribution in [1.82, 2.24) is 9.97 Å². The summed E-state index contributed by atoms with van der Waals surface area (Å²) in [5.41, 5.74) is 6.70. The maximum atomic E-state index is 13.5. The lowest BCUT2D eigenvalue weighted by molar-refractivity contribution is 0.482. The van der Waals surface area contributed by atoms with Crippen LogP contribution in [0.4, 0.5) is 16.0 Å². The topological polar surface area (TPSA) is 92.2 Å². The Labute approximate surface area is 197 Å². The maximum absolute atomic E-state index is 13.5.